The first-order chi connectivity index (χ1) is 9.58. The van der Waals surface area contributed by atoms with E-state index >= 15 is 0 Å². The van der Waals surface area contributed by atoms with Crippen LogP contribution in [0.1, 0.15) is 61.3 Å². The van der Waals surface area contributed by atoms with Crippen molar-refractivity contribution in [3.63, 3.8) is 0 Å². The van der Waals surface area contributed by atoms with Gasteiger partial charge in [0.1, 0.15) is 5.82 Å². The Hall–Kier alpha value is -0.960. The molecule has 20 heavy (non-hydrogen) atoms. The van der Waals surface area contributed by atoms with Crippen LogP contribution in [0.15, 0.2) is 0 Å². The Morgan fingerprint density at radius 1 is 1.15 bits per heavy atom. The standard InChI is InChI=1S/C17H27N3/c1-10(9-18)6-15-11(2)19-17(20-12(15)3)16-8-13-4-5-14(16)7-13/h10,13-14,16H,4-9,18H2,1-3H3. The van der Waals surface area contributed by atoms with Crippen LogP contribution >= 0.6 is 0 Å². The maximum absolute atomic E-state index is 5.75. The Morgan fingerprint density at radius 3 is 2.35 bits per heavy atom. The Morgan fingerprint density at radius 2 is 1.85 bits per heavy atom. The number of aryl methyl sites for hydroxylation is 2. The van der Waals surface area contributed by atoms with Gasteiger partial charge in [0.2, 0.25) is 0 Å². The van der Waals surface area contributed by atoms with Gasteiger partial charge in [0.25, 0.3) is 0 Å². The van der Waals surface area contributed by atoms with Crippen molar-refractivity contribution in [2.24, 2.45) is 23.5 Å². The van der Waals surface area contributed by atoms with E-state index in [4.69, 9.17) is 15.7 Å². The molecule has 2 aliphatic carbocycles. The van der Waals surface area contributed by atoms with Gasteiger partial charge >= 0.3 is 0 Å². The molecular formula is C17H27N3. The molecule has 1 heterocycles. The third-order valence-corrected chi connectivity index (χ3v) is 5.46. The summed E-state index contributed by atoms with van der Waals surface area (Å²) >= 11 is 0. The molecule has 2 fully saturated rings. The van der Waals surface area contributed by atoms with E-state index in [-0.39, 0.29) is 0 Å². The van der Waals surface area contributed by atoms with Crippen LogP contribution in [-0.4, -0.2) is 16.5 Å². The molecule has 1 aromatic heterocycles. The van der Waals surface area contributed by atoms with Gasteiger partial charge in [-0.2, -0.15) is 0 Å². The molecule has 2 saturated carbocycles. The summed E-state index contributed by atoms with van der Waals surface area (Å²) in [6.07, 6.45) is 6.57. The van der Waals surface area contributed by atoms with Crippen molar-refractivity contribution >= 4 is 0 Å². The molecule has 2 bridgehead atoms. The highest BCUT2D eigenvalue weighted by Gasteiger charge is 2.41. The highest BCUT2D eigenvalue weighted by atomic mass is 14.9. The third kappa shape index (κ3) is 2.48. The lowest BCUT2D eigenvalue weighted by Crippen LogP contribution is -2.18. The van der Waals surface area contributed by atoms with Crippen LogP contribution < -0.4 is 5.73 Å². The Kier molecular flexibility index (Phi) is 3.80. The molecule has 3 heteroatoms. The van der Waals surface area contributed by atoms with E-state index in [9.17, 15) is 0 Å². The minimum absolute atomic E-state index is 0.504. The molecule has 4 unspecified atom stereocenters. The van der Waals surface area contributed by atoms with Crippen molar-refractivity contribution in [1.29, 1.82) is 0 Å². The summed E-state index contributed by atoms with van der Waals surface area (Å²) in [5.74, 6) is 4.06. The van der Waals surface area contributed by atoms with Gasteiger partial charge in [-0.15, -0.1) is 0 Å². The molecule has 2 N–H and O–H groups in total. The fraction of sp³-hybridized carbons (Fsp3) is 0.765. The lowest BCUT2D eigenvalue weighted by molar-refractivity contribution is 0.403. The second kappa shape index (κ2) is 5.44. The Bertz CT molecular complexity index is 474. The van der Waals surface area contributed by atoms with Crippen LogP contribution in [0.25, 0.3) is 0 Å². The highest BCUT2D eigenvalue weighted by molar-refractivity contribution is 5.26. The topological polar surface area (TPSA) is 51.8 Å². The predicted octanol–water partition coefficient (Wildman–Crippen LogP) is 3.13. The van der Waals surface area contributed by atoms with Crippen LogP contribution in [0.2, 0.25) is 0 Å². The van der Waals surface area contributed by atoms with E-state index in [0.717, 1.165) is 30.6 Å². The van der Waals surface area contributed by atoms with Gasteiger partial charge < -0.3 is 5.73 Å². The zero-order valence-corrected chi connectivity index (χ0v) is 13.0. The number of rotatable bonds is 4. The molecule has 0 radical (unpaired) electrons. The molecule has 0 spiro atoms. The summed E-state index contributed by atoms with van der Waals surface area (Å²) in [5, 5.41) is 0. The van der Waals surface area contributed by atoms with Crippen LogP contribution in [0.3, 0.4) is 0 Å². The van der Waals surface area contributed by atoms with Crippen molar-refractivity contribution in [2.75, 3.05) is 6.54 Å². The van der Waals surface area contributed by atoms with Crippen molar-refractivity contribution in [3.05, 3.63) is 22.8 Å². The Balaban J connectivity index is 1.84. The summed E-state index contributed by atoms with van der Waals surface area (Å²) in [4.78, 5) is 9.74. The lowest BCUT2D eigenvalue weighted by atomic mass is 9.88. The average molecular weight is 273 g/mol. The van der Waals surface area contributed by atoms with Gasteiger partial charge in [0, 0.05) is 17.3 Å². The second-order valence-electron chi connectivity index (χ2n) is 7.06. The monoisotopic (exact) mass is 273 g/mol. The molecular weight excluding hydrogens is 246 g/mol. The van der Waals surface area contributed by atoms with E-state index in [1.807, 2.05) is 0 Å². The van der Waals surface area contributed by atoms with Crippen molar-refractivity contribution in [3.8, 4) is 0 Å². The first-order valence-electron chi connectivity index (χ1n) is 8.12. The zero-order valence-electron chi connectivity index (χ0n) is 13.0. The maximum atomic E-state index is 5.75. The zero-order chi connectivity index (χ0) is 14.3. The van der Waals surface area contributed by atoms with E-state index in [0.29, 0.717) is 11.8 Å². The number of hydrogen-bond donors (Lipinski definition) is 1. The van der Waals surface area contributed by atoms with Gasteiger partial charge in [-0.05, 0) is 69.4 Å². The highest BCUT2D eigenvalue weighted by Crippen LogP contribution is 2.52. The summed E-state index contributed by atoms with van der Waals surface area (Å²) in [5.41, 5.74) is 9.42. The average Bonchev–Trinajstić information content (AvgIpc) is 3.04. The number of nitrogens with two attached hydrogens (primary N) is 1. The number of hydrogen-bond acceptors (Lipinski definition) is 3. The third-order valence-electron chi connectivity index (χ3n) is 5.46. The molecule has 3 nitrogen and oxygen atoms in total. The minimum atomic E-state index is 0.504. The fourth-order valence-electron chi connectivity index (χ4n) is 4.22. The van der Waals surface area contributed by atoms with E-state index in [1.165, 1.54) is 42.6 Å². The van der Waals surface area contributed by atoms with Crippen molar-refractivity contribution < 1.29 is 0 Å². The normalized spacial score (nSPS) is 29.9. The van der Waals surface area contributed by atoms with Crippen LogP contribution in [0.4, 0.5) is 0 Å². The van der Waals surface area contributed by atoms with Gasteiger partial charge in [0.05, 0.1) is 0 Å². The molecule has 0 saturated heterocycles. The summed E-state index contributed by atoms with van der Waals surface area (Å²) < 4.78 is 0. The van der Waals surface area contributed by atoms with Crippen LogP contribution in [-0.2, 0) is 6.42 Å². The van der Waals surface area contributed by atoms with E-state index < -0.39 is 0 Å². The van der Waals surface area contributed by atoms with Gasteiger partial charge in [0.15, 0.2) is 0 Å². The predicted molar refractivity (Wildman–Crippen MR) is 81.6 cm³/mol. The SMILES string of the molecule is Cc1nc(C2CC3CCC2C3)nc(C)c1CC(C)CN. The molecule has 0 aromatic carbocycles. The van der Waals surface area contributed by atoms with Gasteiger partial charge in [-0.1, -0.05) is 13.3 Å². The molecule has 3 rings (SSSR count). The maximum Gasteiger partial charge on any atom is 0.132 e. The molecule has 0 aliphatic heterocycles. The lowest BCUT2D eigenvalue weighted by Gasteiger charge is -2.22. The summed E-state index contributed by atoms with van der Waals surface area (Å²) in [7, 11) is 0. The van der Waals surface area contributed by atoms with Crippen LogP contribution in [0.5, 0.6) is 0 Å². The molecule has 4 atom stereocenters. The smallest absolute Gasteiger partial charge is 0.132 e. The fourth-order valence-corrected chi connectivity index (χ4v) is 4.22. The number of fused-ring (bicyclic) bond motifs is 2. The van der Waals surface area contributed by atoms with Crippen molar-refractivity contribution in [2.45, 2.75) is 58.8 Å². The first kappa shape index (κ1) is 14.0. The van der Waals surface area contributed by atoms with Gasteiger partial charge in [-0.3, -0.25) is 0 Å². The number of nitrogens with zero attached hydrogens (tertiary/aromatic N) is 2. The molecule has 0 amide bonds. The molecule has 110 valence electrons. The van der Waals surface area contributed by atoms with Crippen LogP contribution in [0, 0.1) is 31.6 Å². The van der Waals surface area contributed by atoms with Gasteiger partial charge in [-0.25, -0.2) is 9.97 Å². The van der Waals surface area contributed by atoms with E-state index in [2.05, 4.69) is 20.8 Å². The summed E-state index contributed by atoms with van der Waals surface area (Å²) in [6.45, 7) is 7.21. The summed E-state index contributed by atoms with van der Waals surface area (Å²) in [6, 6.07) is 0. The Labute approximate surface area is 122 Å². The molecule has 2 aliphatic rings. The molecule has 1 aromatic rings. The second-order valence-corrected chi connectivity index (χ2v) is 7.06. The number of aromatic nitrogens is 2. The van der Waals surface area contributed by atoms with E-state index in [1.54, 1.807) is 0 Å². The quantitative estimate of drug-likeness (QED) is 0.917. The largest absolute Gasteiger partial charge is 0.330 e. The first-order valence-corrected chi connectivity index (χ1v) is 8.12. The van der Waals surface area contributed by atoms with Crippen molar-refractivity contribution in [1.82, 2.24) is 9.97 Å². The minimum Gasteiger partial charge on any atom is -0.330 e.